The molecule has 34 heavy (non-hydrogen) atoms. The van der Waals surface area contributed by atoms with Gasteiger partial charge >= 0.3 is 0 Å². The molecule has 1 aromatic heterocycles. The number of hydrogen-bond donors (Lipinski definition) is 0. The second-order valence-electron chi connectivity index (χ2n) is 9.38. The van der Waals surface area contributed by atoms with Crippen LogP contribution in [0.4, 0.5) is 17.1 Å². The molecule has 0 N–H and O–H groups in total. The van der Waals surface area contributed by atoms with Gasteiger partial charge in [0.15, 0.2) is 0 Å². The van der Waals surface area contributed by atoms with Crippen LogP contribution in [-0.2, 0) is 5.41 Å². The highest BCUT2D eigenvalue weighted by atomic mass is 79.9. The van der Waals surface area contributed by atoms with Gasteiger partial charge in [-0.15, -0.1) is 0 Å². The van der Waals surface area contributed by atoms with E-state index in [9.17, 15) is 0 Å². The van der Waals surface area contributed by atoms with E-state index >= 15 is 0 Å². The van der Waals surface area contributed by atoms with Crippen molar-refractivity contribution in [1.82, 2.24) is 0 Å². The van der Waals surface area contributed by atoms with E-state index in [1.165, 1.54) is 5.56 Å². The minimum atomic E-state index is 0.112. The molecule has 0 unspecified atom stereocenters. The van der Waals surface area contributed by atoms with Crippen LogP contribution in [0.1, 0.15) is 26.3 Å². The van der Waals surface area contributed by atoms with Crippen molar-refractivity contribution in [3.63, 3.8) is 0 Å². The molecular weight excluding hydrogens is 506 g/mol. The molecule has 0 fully saturated rings. The van der Waals surface area contributed by atoms with Crippen LogP contribution >= 0.6 is 27.5 Å². The minimum Gasteiger partial charge on any atom is -0.462 e. The second kappa shape index (κ2) is 8.98. The Morgan fingerprint density at radius 1 is 0.765 bits per heavy atom. The van der Waals surface area contributed by atoms with Crippen LogP contribution in [0.25, 0.3) is 22.1 Å². The van der Waals surface area contributed by atoms with Crippen molar-refractivity contribution in [3.05, 3.63) is 112 Å². The van der Waals surface area contributed by atoms with Crippen LogP contribution in [0.15, 0.2) is 106 Å². The maximum absolute atomic E-state index is 7.05. The number of benzene rings is 4. The number of para-hydroxylation sites is 2. The Labute approximate surface area is 213 Å². The average molecular weight is 531 g/mol. The third kappa shape index (κ3) is 4.15. The van der Waals surface area contributed by atoms with Crippen LogP contribution in [0.5, 0.6) is 0 Å². The summed E-state index contributed by atoms with van der Waals surface area (Å²) in [6.07, 6.45) is 1.79. The number of fused-ring (bicyclic) bond motifs is 1. The number of anilines is 3. The molecule has 4 heteroatoms. The van der Waals surface area contributed by atoms with Crippen LogP contribution < -0.4 is 4.90 Å². The Bertz CT molecular complexity index is 1450. The molecule has 1 heterocycles. The molecule has 0 spiro atoms. The van der Waals surface area contributed by atoms with Gasteiger partial charge in [-0.1, -0.05) is 93.0 Å². The molecule has 0 atom stereocenters. The van der Waals surface area contributed by atoms with E-state index in [0.717, 1.165) is 43.6 Å². The molecule has 0 saturated carbocycles. The van der Waals surface area contributed by atoms with Crippen molar-refractivity contribution in [3.8, 4) is 11.1 Å². The Balaban J connectivity index is 1.64. The van der Waals surface area contributed by atoms with Crippen LogP contribution in [0.3, 0.4) is 0 Å². The molecule has 0 amide bonds. The quantitative estimate of drug-likeness (QED) is 0.230. The van der Waals surface area contributed by atoms with Gasteiger partial charge in [0.05, 0.1) is 16.4 Å². The predicted molar refractivity (Wildman–Crippen MR) is 148 cm³/mol. The predicted octanol–water partition coefficient (Wildman–Crippen LogP) is 10.3. The molecule has 5 aromatic rings. The first-order chi connectivity index (χ1) is 16.3. The van der Waals surface area contributed by atoms with Gasteiger partial charge in [-0.3, -0.25) is 0 Å². The largest absolute Gasteiger partial charge is 0.462 e. The lowest BCUT2D eigenvalue weighted by atomic mass is 9.86. The molecule has 0 aliphatic heterocycles. The fourth-order valence-electron chi connectivity index (χ4n) is 4.21. The summed E-state index contributed by atoms with van der Waals surface area (Å²) in [4.78, 5) is 2.14. The maximum Gasteiger partial charge on any atom is 0.136 e. The molecule has 4 aromatic carbocycles. The van der Waals surface area contributed by atoms with Crippen molar-refractivity contribution in [2.24, 2.45) is 0 Å². The normalized spacial score (nSPS) is 11.7. The van der Waals surface area contributed by atoms with Gasteiger partial charge in [-0.05, 0) is 68.4 Å². The SMILES string of the molecule is CC(C)(C)c1ccc(-c2ccc(N(c3ccccc3)c3coc4ccccc34)c(Cl)c2Br)cc1. The van der Waals surface area contributed by atoms with E-state index in [1.54, 1.807) is 6.26 Å². The molecule has 2 nitrogen and oxygen atoms in total. The summed E-state index contributed by atoms with van der Waals surface area (Å²) in [6, 6.07) is 31.2. The average Bonchev–Trinajstić information content (AvgIpc) is 3.26. The number of halogens is 2. The van der Waals surface area contributed by atoms with Gasteiger partial charge in [-0.25, -0.2) is 0 Å². The van der Waals surface area contributed by atoms with Gasteiger partial charge < -0.3 is 9.32 Å². The summed E-state index contributed by atoms with van der Waals surface area (Å²) in [5, 5.41) is 1.67. The van der Waals surface area contributed by atoms with Crippen molar-refractivity contribution in [1.29, 1.82) is 0 Å². The molecular formula is C30H25BrClNO. The van der Waals surface area contributed by atoms with Gasteiger partial charge in [0, 0.05) is 15.5 Å². The third-order valence-corrected chi connectivity index (χ3v) is 7.52. The van der Waals surface area contributed by atoms with E-state index in [1.807, 2.05) is 36.4 Å². The van der Waals surface area contributed by atoms with E-state index in [0.29, 0.717) is 5.02 Å². The Morgan fingerprint density at radius 3 is 2.15 bits per heavy atom. The molecule has 0 saturated heterocycles. The van der Waals surface area contributed by atoms with Gasteiger partial charge in [0.25, 0.3) is 0 Å². The summed E-state index contributed by atoms with van der Waals surface area (Å²) in [7, 11) is 0. The van der Waals surface area contributed by atoms with E-state index in [4.69, 9.17) is 16.0 Å². The highest BCUT2D eigenvalue weighted by Crippen LogP contribution is 2.47. The van der Waals surface area contributed by atoms with E-state index in [-0.39, 0.29) is 5.41 Å². The second-order valence-corrected chi connectivity index (χ2v) is 10.5. The lowest BCUT2D eigenvalue weighted by Gasteiger charge is -2.26. The Kier molecular flexibility index (Phi) is 6.01. The van der Waals surface area contributed by atoms with Crippen molar-refractivity contribution >= 4 is 55.6 Å². The summed E-state index contributed by atoms with van der Waals surface area (Å²) in [5.41, 5.74) is 7.25. The van der Waals surface area contributed by atoms with Crippen molar-refractivity contribution < 1.29 is 4.42 Å². The zero-order chi connectivity index (χ0) is 23.9. The molecule has 0 aliphatic carbocycles. The zero-order valence-electron chi connectivity index (χ0n) is 19.3. The van der Waals surface area contributed by atoms with Crippen LogP contribution in [0, 0.1) is 0 Å². The number of rotatable bonds is 4. The molecule has 0 aliphatic rings. The Hall–Kier alpha value is -3.01. The fourth-order valence-corrected chi connectivity index (χ4v) is 5.02. The van der Waals surface area contributed by atoms with Gasteiger partial charge in [-0.2, -0.15) is 0 Å². The molecule has 0 radical (unpaired) electrons. The molecule has 0 bridgehead atoms. The van der Waals surface area contributed by atoms with E-state index < -0.39 is 0 Å². The van der Waals surface area contributed by atoms with Gasteiger partial charge in [0.2, 0.25) is 0 Å². The lowest BCUT2D eigenvalue weighted by Crippen LogP contribution is -2.11. The van der Waals surface area contributed by atoms with E-state index in [2.05, 4.69) is 96.2 Å². The fraction of sp³-hybridized carbons (Fsp3) is 0.133. The highest BCUT2D eigenvalue weighted by Gasteiger charge is 2.22. The summed E-state index contributed by atoms with van der Waals surface area (Å²) >= 11 is 10.8. The minimum absolute atomic E-state index is 0.112. The van der Waals surface area contributed by atoms with Gasteiger partial charge in [0.1, 0.15) is 11.8 Å². The van der Waals surface area contributed by atoms with Crippen molar-refractivity contribution in [2.75, 3.05) is 4.90 Å². The topological polar surface area (TPSA) is 16.4 Å². The standard InChI is InChI=1S/C30H25BrClNO/c1-30(2,3)21-15-13-20(14-16-21)23-17-18-25(29(32)28(23)31)33(22-9-5-4-6-10-22)26-19-34-27-12-8-7-11-24(26)27/h4-19H,1-3H3. The first-order valence-corrected chi connectivity index (χ1v) is 12.4. The summed E-state index contributed by atoms with van der Waals surface area (Å²) in [6.45, 7) is 6.67. The zero-order valence-corrected chi connectivity index (χ0v) is 21.7. The summed E-state index contributed by atoms with van der Waals surface area (Å²) in [5.74, 6) is 0. The smallest absolute Gasteiger partial charge is 0.136 e. The number of hydrogen-bond acceptors (Lipinski definition) is 2. The third-order valence-electron chi connectivity index (χ3n) is 6.08. The first-order valence-electron chi connectivity index (χ1n) is 11.2. The lowest BCUT2D eigenvalue weighted by molar-refractivity contribution is 0.590. The summed E-state index contributed by atoms with van der Waals surface area (Å²) < 4.78 is 6.74. The first kappa shape index (κ1) is 22.8. The monoisotopic (exact) mass is 529 g/mol. The molecule has 170 valence electrons. The van der Waals surface area contributed by atoms with Crippen molar-refractivity contribution in [2.45, 2.75) is 26.2 Å². The van der Waals surface area contributed by atoms with Crippen LogP contribution in [-0.4, -0.2) is 0 Å². The molecule has 5 rings (SSSR count). The number of furan rings is 1. The number of nitrogens with zero attached hydrogens (tertiary/aromatic N) is 1. The van der Waals surface area contributed by atoms with Crippen LogP contribution in [0.2, 0.25) is 5.02 Å². The highest BCUT2D eigenvalue weighted by molar-refractivity contribution is 9.10. The maximum atomic E-state index is 7.05. The Morgan fingerprint density at radius 2 is 1.44 bits per heavy atom.